The Labute approximate surface area is 128 Å². The summed E-state index contributed by atoms with van der Waals surface area (Å²) >= 11 is 0. The fourth-order valence-electron chi connectivity index (χ4n) is 3.23. The van der Waals surface area contributed by atoms with Crippen molar-refractivity contribution >= 4 is 11.7 Å². The smallest absolute Gasteiger partial charge is 0.308 e. The second-order valence-electron chi connectivity index (χ2n) is 5.92. The number of para-hydroxylation sites is 1. The maximum atomic E-state index is 11.9. The highest BCUT2D eigenvalue weighted by atomic mass is 16.5. The summed E-state index contributed by atoms with van der Waals surface area (Å²) in [5.74, 6) is 0.0368. The summed E-state index contributed by atoms with van der Waals surface area (Å²) < 4.78 is 5.18. The summed E-state index contributed by atoms with van der Waals surface area (Å²) in [7, 11) is 0. The molecule has 2 unspecified atom stereocenters. The lowest BCUT2D eigenvalue weighted by Gasteiger charge is -2.30. The molecule has 0 aromatic heterocycles. The average Bonchev–Trinajstić information content (AvgIpc) is 2.50. The number of ether oxygens (including phenoxy) is 1. The Morgan fingerprint density at radius 3 is 2.86 bits per heavy atom. The summed E-state index contributed by atoms with van der Waals surface area (Å²) in [6.45, 7) is 6.68. The third-order valence-electron chi connectivity index (χ3n) is 4.38. The van der Waals surface area contributed by atoms with Gasteiger partial charge in [-0.15, -0.1) is 0 Å². The van der Waals surface area contributed by atoms with E-state index in [4.69, 9.17) is 4.74 Å². The van der Waals surface area contributed by atoms with Crippen molar-refractivity contribution in [2.75, 3.05) is 11.9 Å². The zero-order valence-corrected chi connectivity index (χ0v) is 13.4. The summed E-state index contributed by atoms with van der Waals surface area (Å²) in [5, 5.41) is 3.69. The van der Waals surface area contributed by atoms with E-state index in [-0.39, 0.29) is 11.9 Å². The van der Waals surface area contributed by atoms with Crippen LogP contribution in [0.5, 0.6) is 0 Å². The monoisotopic (exact) mass is 289 g/mol. The van der Waals surface area contributed by atoms with Gasteiger partial charge in [0.15, 0.2) is 0 Å². The molecule has 3 heteroatoms. The third kappa shape index (κ3) is 3.99. The molecule has 1 N–H and O–H groups in total. The molecular weight excluding hydrogens is 262 g/mol. The van der Waals surface area contributed by atoms with Crippen LogP contribution < -0.4 is 5.32 Å². The minimum Gasteiger partial charge on any atom is -0.466 e. The quantitative estimate of drug-likeness (QED) is 0.830. The van der Waals surface area contributed by atoms with Gasteiger partial charge >= 0.3 is 5.97 Å². The molecule has 0 saturated heterocycles. The van der Waals surface area contributed by atoms with Gasteiger partial charge in [0.2, 0.25) is 0 Å². The summed E-state index contributed by atoms with van der Waals surface area (Å²) in [6.07, 6.45) is 5.10. The minimum atomic E-state index is -0.0236. The van der Waals surface area contributed by atoms with Gasteiger partial charge in [-0.1, -0.05) is 31.5 Å². The van der Waals surface area contributed by atoms with Crippen molar-refractivity contribution in [3.8, 4) is 0 Å². The first-order valence-electron chi connectivity index (χ1n) is 8.17. The van der Waals surface area contributed by atoms with Gasteiger partial charge in [0.1, 0.15) is 0 Å². The Kier molecular flexibility index (Phi) is 5.66. The Balaban J connectivity index is 2.04. The summed E-state index contributed by atoms with van der Waals surface area (Å²) in [4.78, 5) is 11.9. The topological polar surface area (TPSA) is 38.3 Å². The second-order valence-corrected chi connectivity index (χ2v) is 5.92. The van der Waals surface area contributed by atoms with Crippen molar-refractivity contribution in [1.29, 1.82) is 0 Å². The normalized spacial score (nSPS) is 21.9. The van der Waals surface area contributed by atoms with E-state index >= 15 is 0 Å². The lowest BCUT2D eigenvalue weighted by atomic mass is 9.85. The van der Waals surface area contributed by atoms with E-state index in [1.807, 2.05) is 6.92 Å². The number of rotatable bonds is 5. The van der Waals surface area contributed by atoms with E-state index in [2.05, 4.69) is 37.4 Å². The molecule has 21 heavy (non-hydrogen) atoms. The molecular formula is C18H27NO2. The van der Waals surface area contributed by atoms with Gasteiger partial charge in [-0.2, -0.15) is 0 Å². The van der Waals surface area contributed by atoms with Crippen LogP contribution in [0.1, 0.15) is 50.7 Å². The Morgan fingerprint density at radius 1 is 1.33 bits per heavy atom. The molecule has 3 nitrogen and oxygen atoms in total. The Morgan fingerprint density at radius 2 is 2.14 bits per heavy atom. The molecule has 1 saturated carbocycles. The van der Waals surface area contributed by atoms with E-state index in [1.165, 1.54) is 16.8 Å². The largest absolute Gasteiger partial charge is 0.466 e. The van der Waals surface area contributed by atoms with Crippen LogP contribution in [-0.4, -0.2) is 18.6 Å². The summed E-state index contributed by atoms with van der Waals surface area (Å²) in [5.41, 5.74) is 3.90. The van der Waals surface area contributed by atoms with Crippen molar-refractivity contribution in [3.05, 3.63) is 29.3 Å². The molecule has 0 spiro atoms. The molecule has 1 aromatic rings. The molecule has 2 rings (SSSR count). The lowest BCUT2D eigenvalue weighted by molar-refractivity contribution is -0.149. The van der Waals surface area contributed by atoms with Crippen molar-refractivity contribution in [2.24, 2.45) is 5.92 Å². The van der Waals surface area contributed by atoms with Gasteiger partial charge in [-0.3, -0.25) is 4.79 Å². The predicted molar refractivity (Wildman–Crippen MR) is 86.6 cm³/mol. The number of anilines is 1. The number of carbonyl (C=O) groups is 1. The molecule has 1 aliphatic carbocycles. The minimum absolute atomic E-state index is 0.0236. The van der Waals surface area contributed by atoms with Crippen LogP contribution in [0, 0.1) is 12.8 Å². The van der Waals surface area contributed by atoms with E-state index in [9.17, 15) is 4.79 Å². The first-order valence-corrected chi connectivity index (χ1v) is 8.17. The van der Waals surface area contributed by atoms with E-state index in [1.54, 1.807) is 0 Å². The van der Waals surface area contributed by atoms with Crippen LogP contribution in [-0.2, 0) is 16.0 Å². The molecule has 116 valence electrons. The van der Waals surface area contributed by atoms with Gasteiger partial charge < -0.3 is 10.1 Å². The maximum absolute atomic E-state index is 11.9. The van der Waals surface area contributed by atoms with Gasteiger partial charge in [-0.05, 0) is 50.7 Å². The number of hydrogen-bond donors (Lipinski definition) is 1. The lowest BCUT2D eigenvalue weighted by Crippen LogP contribution is -2.32. The third-order valence-corrected chi connectivity index (χ3v) is 4.38. The highest BCUT2D eigenvalue weighted by Crippen LogP contribution is 2.30. The number of nitrogens with one attached hydrogen (secondary N) is 1. The number of benzene rings is 1. The Bertz CT molecular complexity index is 484. The molecule has 0 amide bonds. The zero-order chi connectivity index (χ0) is 15.2. The highest BCUT2D eigenvalue weighted by Gasteiger charge is 2.28. The van der Waals surface area contributed by atoms with Crippen LogP contribution in [0.15, 0.2) is 18.2 Å². The molecule has 0 aliphatic heterocycles. The fraction of sp³-hybridized carbons (Fsp3) is 0.611. The van der Waals surface area contributed by atoms with Gasteiger partial charge in [0, 0.05) is 11.7 Å². The number of esters is 1. The first kappa shape index (κ1) is 15.9. The molecule has 1 fully saturated rings. The number of carbonyl (C=O) groups excluding carboxylic acids is 1. The van der Waals surface area contributed by atoms with Crippen LogP contribution in [0.3, 0.4) is 0 Å². The van der Waals surface area contributed by atoms with Crippen LogP contribution in [0.4, 0.5) is 5.69 Å². The van der Waals surface area contributed by atoms with Crippen LogP contribution >= 0.6 is 0 Å². The van der Waals surface area contributed by atoms with E-state index < -0.39 is 0 Å². The summed E-state index contributed by atoms with van der Waals surface area (Å²) in [6, 6.07) is 6.81. The molecule has 2 atom stereocenters. The standard InChI is InChI=1S/C18H27NO2/c1-4-14-9-6-8-13(3)17(14)19-16-11-7-10-15(12-16)18(20)21-5-2/h6,8-9,15-16,19H,4-5,7,10-12H2,1-3H3. The molecule has 0 bridgehead atoms. The fourth-order valence-corrected chi connectivity index (χ4v) is 3.23. The highest BCUT2D eigenvalue weighted by molar-refractivity contribution is 5.72. The zero-order valence-electron chi connectivity index (χ0n) is 13.4. The van der Waals surface area contributed by atoms with Crippen molar-refractivity contribution in [3.63, 3.8) is 0 Å². The Hall–Kier alpha value is -1.51. The first-order chi connectivity index (χ1) is 10.2. The van der Waals surface area contributed by atoms with Crippen LogP contribution in [0.2, 0.25) is 0 Å². The predicted octanol–water partition coefficient (Wildman–Crippen LogP) is 4.09. The van der Waals surface area contributed by atoms with Gasteiger partial charge in [-0.25, -0.2) is 0 Å². The van der Waals surface area contributed by atoms with Crippen molar-refractivity contribution in [2.45, 2.75) is 58.9 Å². The molecule has 0 radical (unpaired) electrons. The van der Waals surface area contributed by atoms with Crippen molar-refractivity contribution < 1.29 is 9.53 Å². The average molecular weight is 289 g/mol. The van der Waals surface area contributed by atoms with E-state index in [0.29, 0.717) is 12.6 Å². The van der Waals surface area contributed by atoms with Crippen molar-refractivity contribution in [1.82, 2.24) is 0 Å². The molecule has 1 aliphatic rings. The van der Waals surface area contributed by atoms with Gasteiger partial charge in [0.05, 0.1) is 12.5 Å². The SMILES string of the molecule is CCOC(=O)C1CCCC(Nc2c(C)cccc2CC)C1. The maximum Gasteiger partial charge on any atom is 0.308 e. The molecule has 1 aromatic carbocycles. The van der Waals surface area contributed by atoms with Gasteiger partial charge in [0.25, 0.3) is 0 Å². The number of hydrogen-bond acceptors (Lipinski definition) is 3. The van der Waals surface area contributed by atoms with E-state index in [0.717, 1.165) is 32.1 Å². The number of aryl methyl sites for hydroxylation is 2. The van der Waals surface area contributed by atoms with Crippen LogP contribution in [0.25, 0.3) is 0 Å². The second kappa shape index (κ2) is 7.48. The molecule has 0 heterocycles.